The van der Waals surface area contributed by atoms with Gasteiger partial charge < -0.3 is 5.32 Å². The molecule has 17 heavy (non-hydrogen) atoms. The summed E-state index contributed by atoms with van der Waals surface area (Å²) < 4.78 is 0. The largest absolute Gasteiger partial charge is 0.352 e. The molecule has 0 aliphatic carbocycles. The van der Waals surface area contributed by atoms with Crippen molar-refractivity contribution < 1.29 is 4.79 Å². The third kappa shape index (κ3) is 4.78. The van der Waals surface area contributed by atoms with E-state index < -0.39 is 0 Å². The zero-order valence-corrected chi connectivity index (χ0v) is 12.0. The lowest BCUT2D eigenvalue weighted by Crippen LogP contribution is -2.24. The molecule has 0 saturated carbocycles. The topological polar surface area (TPSA) is 29.1 Å². The second-order valence-electron chi connectivity index (χ2n) is 3.50. The van der Waals surface area contributed by atoms with Crippen molar-refractivity contribution in [1.29, 1.82) is 0 Å². The second-order valence-corrected chi connectivity index (χ2v) is 5.16. The SMILES string of the molecule is CSc1ccc(Cl)c(C(=O)NCCCCCl)c1. The zero-order valence-electron chi connectivity index (χ0n) is 9.63. The van der Waals surface area contributed by atoms with Gasteiger partial charge in [0.15, 0.2) is 0 Å². The van der Waals surface area contributed by atoms with Gasteiger partial charge >= 0.3 is 0 Å². The third-order valence-corrected chi connectivity index (χ3v) is 3.59. The number of carbonyl (C=O) groups excluding carboxylic acids is 1. The molecule has 1 aromatic carbocycles. The van der Waals surface area contributed by atoms with Crippen LogP contribution in [0.4, 0.5) is 0 Å². The number of halogens is 2. The number of benzene rings is 1. The molecule has 1 amide bonds. The van der Waals surface area contributed by atoms with Gasteiger partial charge in [-0.2, -0.15) is 0 Å². The van der Waals surface area contributed by atoms with Gasteiger partial charge in [0, 0.05) is 17.3 Å². The van der Waals surface area contributed by atoms with Crippen LogP contribution in [0, 0.1) is 0 Å². The van der Waals surface area contributed by atoms with Gasteiger partial charge in [-0.05, 0) is 37.3 Å². The van der Waals surface area contributed by atoms with Crippen molar-refractivity contribution >= 4 is 40.9 Å². The summed E-state index contributed by atoms with van der Waals surface area (Å²) in [5.41, 5.74) is 0.532. The number of rotatable bonds is 6. The Morgan fingerprint density at radius 3 is 2.82 bits per heavy atom. The van der Waals surface area contributed by atoms with Crippen LogP contribution in [-0.2, 0) is 0 Å². The van der Waals surface area contributed by atoms with Crippen LogP contribution in [0.1, 0.15) is 23.2 Å². The van der Waals surface area contributed by atoms with E-state index >= 15 is 0 Å². The predicted octanol–water partition coefficient (Wildman–Crippen LogP) is 3.81. The highest BCUT2D eigenvalue weighted by Crippen LogP contribution is 2.22. The number of nitrogens with one attached hydrogen (secondary N) is 1. The molecular formula is C12H15Cl2NOS. The van der Waals surface area contributed by atoms with Crippen molar-refractivity contribution in [3.05, 3.63) is 28.8 Å². The molecule has 0 atom stereocenters. The highest BCUT2D eigenvalue weighted by atomic mass is 35.5. The van der Waals surface area contributed by atoms with Crippen molar-refractivity contribution in [3.8, 4) is 0 Å². The molecule has 0 heterocycles. The van der Waals surface area contributed by atoms with E-state index in [0.717, 1.165) is 17.7 Å². The highest BCUT2D eigenvalue weighted by Gasteiger charge is 2.10. The Morgan fingerprint density at radius 1 is 1.41 bits per heavy atom. The number of hydrogen-bond acceptors (Lipinski definition) is 2. The van der Waals surface area contributed by atoms with Crippen LogP contribution in [0.15, 0.2) is 23.1 Å². The van der Waals surface area contributed by atoms with E-state index in [9.17, 15) is 4.79 Å². The summed E-state index contributed by atoms with van der Waals surface area (Å²) in [6.07, 6.45) is 3.75. The minimum atomic E-state index is -0.125. The molecule has 1 aromatic rings. The van der Waals surface area contributed by atoms with E-state index in [-0.39, 0.29) is 5.91 Å². The first-order chi connectivity index (χ1) is 8.19. The molecule has 1 rings (SSSR count). The van der Waals surface area contributed by atoms with Gasteiger partial charge in [-0.1, -0.05) is 11.6 Å². The number of hydrogen-bond donors (Lipinski definition) is 1. The van der Waals surface area contributed by atoms with Crippen molar-refractivity contribution in [2.24, 2.45) is 0 Å². The van der Waals surface area contributed by atoms with Crippen molar-refractivity contribution in [2.75, 3.05) is 18.7 Å². The molecule has 0 unspecified atom stereocenters. The normalized spacial score (nSPS) is 10.3. The van der Waals surface area contributed by atoms with Gasteiger partial charge in [-0.15, -0.1) is 23.4 Å². The third-order valence-electron chi connectivity index (χ3n) is 2.26. The molecule has 0 saturated heterocycles. The first kappa shape index (κ1) is 14.7. The van der Waals surface area contributed by atoms with E-state index in [2.05, 4.69) is 5.32 Å². The molecule has 0 radical (unpaired) electrons. The summed E-state index contributed by atoms with van der Waals surface area (Å²) in [4.78, 5) is 12.9. The van der Waals surface area contributed by atoms with Crippen molar-refractivity contribution in [1.82, 2.24) is 5.32 Å². The van der Waals surface area contributed by atoms with Gasteiger partial charge in [-0.25, -0.2) is 0 Å². The van der Waals surface area contributed by atoms with Crippen molar-refractivity contribution in [2.45, 2.75) is 17.7 Å². The lowest BCUT2D eigenvalue weighted by atomic mass is 10.2. The number of carbonyl (C=O) groups is 1. The average Bonchev–Trinajstić information content (AvgIpc) is 2.35. The molecular weight excluding hydrogens is 277 g/mol. The average molecular weight is 292 g/mol. The van der Waals surface area contributed by atoms with Gasteiger partial charge in [-0.3, -0.25) is 4.79 Å². The Balaban J connectivity index is 2.61. The Hall–Kier alpha value is -0.380. The molecule has 0 fully saturated rings. The van der Waals surface area contributed by atoms with Gasteiger partial charge in [0.2, 0.25) is 0 Å². The Morgan fingerprint density at radius 2 is 2.18 bits per heavy atom. The molecule has 0 aromatic heterocycles. The number of unbranched alkanes of at least 4 members (excludes halogenated alkanes) is 1. The minimum Gasteiger partial charge on any atom is -0.352 e. The Labute approximate surface area is 116 Å². The lowest BCUT2D eigenvalue weighted by Gasteiger charge is -2.07. The van der Waals surface area contributed by atoms with Gasteiger partial charge in [0.1, 0.15) is 0 Å². The van der Waals surface area contributed by atoms with E-state index in [1.165, 1.54) is 0 Å². The fraction of sp³-hybridized carbons (Fsp3) is 0.417. The van der Waals surface area contributed by atoms with Crippen LogP contribution in [-0.4, -0.2) is 24.6 Å². The van der Waals surface area contributed by atoms with Gasteiger partial charge in [0.05, 0.1) is 10.6 Å². The molecule has 0 spiro atoms. The monoisotopic (exact) mass is 291 g/mol. The molecule has 2 nitrogen and oxygen atoms in total. The van der Waals surface area contributed by atoms with Crippen LogP contribution in [0.25, 0.3) is 0 Å². The number of thioether (sulfide) groups is 1. The summed E-state index contributed by atoms with van der Waals surface area (Å²) in [6.45, 7) is 0.630. The highest BCUT2D eigenvalue weighted by molar-refractivity contribution is 7.98. The Bertz CT molecular complexity index is 385. The molecule has 0 aliphatic heterocycles. The summed E-state index contributed by atoms with van der Waals surface area (Å²) in [6, 6.07) is 5.46. The van der Waals surface area contributed by atoms with Crippen LogP contribution in [0.2, 0.25) is 5.02 Å². The number of amides is 1. The van der Waals surface area contributed by atoms with Crippen LogP contribution in [0.5, 0.6) is 0 Å². The second kappa shape index (κ2) is 7.85. The number of alkyl halides is 1. The van der Waals surface area contributed by atoms with Gasteiger partial charge in [0.25, 0.3) is 5.91 Å². The fourth-order valence-corrected chi connectivity index (χ4v) is 2.15. The summed E-state index contributed by atoms with van der Waals surface area (Å²) in [5.74, 6) is 0.499. The zero-order chi connectivity index (χ0) is 12.7. The molecule has 1 N–H and O–H groups in total. The standard InChI is InChI=1S/C12H15Cl2NOS/c1-17-9-4-5-11(14)10(8-9)12(16)15-7-3-2-6-13/h4-5,8H,2-3,6-7H2,1H3,(H,15,16). The van der Waals surface area contributed by atoms with E-state index in [1.807, 2.05) is 18.4 Å². The first-order valence-corrected chi connectivity index (χ1v) is 7.50. The molecule has 0 aliphatic rings. The lowest BCUT2D eigenvalue weighted by molar-refractivity contribution is 0.0953. The van der Waals surface area contributed by atoms with Crippen molar-refractivity contribution in [3.63, 3.8) is 0 Å². The maximum absolute atomic E-state index is 11.9. The maximum atomic E-state index is 11.9. The fourth-order valence-electron chi connectivity index (χ4n) is 1.32. The Kier molecular flexibility index (Phi) is 6.78. The summed E-state index contributed by atoms with van der Waals surface area (Å²) in [7, 11) is 0. The first-order valence-electron chi connectivity index (χ1n) is 5.36. The quantitative estimate of drug-likeness (QED) is 0.491. The van der Waals surface area contributed by atoms with E-state index in [4.69, 9.17) is 23.2 Å². The molecule has 0 bridgehead atoms. The van der Waals surface area contributed by atoms with Crippen LogP contribution < -0.4 is 5.32 Å². The van der Waals surface area contributed by atoms with Crippen LogP contribution >= 0.6 is 35.0 Å². The predicted molar refractivity (Wildman–Crippen MR) is 75.5 cm³/mol. The molecule has 94 valence electrons. The molecule has 5 heteroatoms. The maximum Gasteiger partial charge on any atom is 0.252 e. The smallest absolute Gasteiger partial charge is 0.252 e. The van der Waals surface area contributed by atoms with Crippen LogP contribution in [0.3, 0.4) is 0 Å². The summed E-state index contributed by atoms with van der Waals surface area (Å²) in [5, 5.41) is 3.32. The minimum absolute atomic E-state index is 0.125. The summed E-state index contributed by atoms with van der Waals surface area (Å²) >= 11 is 13.1. The van der Waals surface area contributed by atoms with E-state index in [0.29, 0.717) is 23.0 Å². The van der Waals surface area contributed by atoms with E-state index in [1.54, 1.807) is 17.8 Å².